The van der Waals surface area contributed by atoms with Crippen LogP contribution in [0.25, 0.3) is 0 Å². The molecule has 0 N–H and O–H groups in total. The van der Waals surface area contributed by atoms with Crippen molar-refractivity contribution in [3.63, 3.8) is 0 Å². The van der Waals surface area contributed by atoms with Gasteiger partial charge >= 0.3 is 0 Å². The van der Waals surface area contributed by atoms with Crippen molar-refractivity contribution in [3.8, 4) is 0 Å². The van der Waals surface area contributed by atoms with Crippen LogP contribution in [0.2, 0.25) is 0 Å². The molecule has 0 radical (unpaired) electrons. The summed E-state index contributed by atoms with van der Waals surface area (Å²) >= 11 is 0. The number of sulfonamides is 1. The lowest BCUT2D eigenvalue weighted by molar-refractivity contribution is 0.292. The van der Waals surface area contributed by atoms with E-state index >= 15 is 0 Å². The predicted octanol–water partition coefficient (Wildman–Crippen LogP) is 0.592. The first-order valence-electron chi connectivity index (χ1n) is 5.50. The van der Waals surface area contributed by atoms with Crippen LogP contribution >= 0.6 is 0 Å². The Morgan fingerprint density at radius 1 is 1.11 bits per heavy atom. The molecule has 19 heavy (non-hydrogen) atoms. The zero-order valence-corrected chi connectivity index (χ0v) is 12.7. The largest absolute Gasteiger partial charge is 0.269 e. The van der Waals surface area contributed by atoms with Gasteiger partial charge in [-0.05, 0) is 19.1 Å². The van der Waals surface area contributed by atoms with Crippen molar-refractivity contribution >= 4 is 20.1 Å². The van der Waals surface area contributed by atoms with Gasteiger partial charge < -0.3 is 0 Å². The van der Waals surface area contributed by atoms with Crippen molar-refractivity contribution in [2.45, 2.75) is 11.8 Å². The van der Waals surface area contributed by atoms with Crippen molar-refractivity contribution in [1.29, 1.82) is 0 Å². The normalized spacial score (nSPS) is 12.8. The van der Waals surface area contributed by atoms with Crippen molar-refractivity contribution in [3.05, 3.63) is 29.8 Å². The number of benzene rings is 1. The number of likely N-dealkylation sites (N-methyl/N-ethyl adjacent to an activating group) is 1. The fraction of sp³-hybridized carbons (Fsp3) is 0.455. The molecule has 0 aliphatic carbocycles. The molecule has 0 bridgehead atoms. The van der Waals surface area contributed by atoms with E-state index in [-0.39, 0.29) is 18.0 Å². The molecule has 0 aliphatic rings. The third-order valence-corrected chi connectivity index (χ3v) is 4.90. The quantitative estimate of drug-likeness (QED) is 0.719. The molecule has 0 saturated heterocycles. The van der Waals surface area contributed by atoms with Gasteiger partial charge in [0.1, 0.15) is 0 Å². The van der Waals surface area contributed by atoms with Crippen LogP contribution in [0.1, 0.15) is 5.56 Å². The maximum Gasteiger partial charge on any atom is 0.264 e. The van der Waals surface area contributed by atoms with Crippen LogP contribution in [0.3, 0.4) is 0 Å². The van der Waals surface area contributed by atoms with Gasteiger partial charge in [0, 0.05) is 13.6 Å². The lowest BCUT2D eigenvalue weighted by Crippen LogP contribution is -2.30. The zero-order valence-electron chi connectivity index (χ0n) is 11.0. The Balaban J connectivity index is 2.75. The maximum absolute atomic E-state index is 12.1. The van der Waals surface area contributed by atoms with E-state index in [1.54, 1.807) is 12.1 Å². The second-order valence-electron chi connectivity index (χ2n) is 4.17. The van der Waals surface area contributed by atoms with E-state index in [9.17, 15) is 16.8 Å². The molecular formula is C11H17NO5S2. The van der Waals surface area contributed by atoms with E-state index in [1.807, 2.05) is 6.92 Å². The zero-order chi connectivity index (χ0) is 14.7. The molecule has 1 aromatic carbocycles. The average molecular weight is 307 g/mol. The molecule has 0 aromatic heterocycles. The van der Waals surface area contributed by atoms with E-state index in [2.05, 4.69) is 4.18 Å². The number of nitrogens with zero attached hydrogens (tertiary/aromatic N) is 1. The lowest BCUT2D eigenvalue weighted by Gasteiger charge is -2.16. The molecule has 0 spiro atoms. The minimum absolute atomic E-state index is 0.0384. The van der Waals surface area contributed by atoms with Gasteiger partial charge in [0.05, 0.1) is 17.8 Å². The Morgan fingerprint density at radius 2 is 1.63 bits per heavy atom. The van der Waals surface area contributed by atoms with Crippen LogP contribution < -0.4 is 0 Å². The Labute approximate surface area is 114 Å². The van der Waals surface area contributed by atoms with Gasteiger partial charge in [-0.25, -0.2) is 8.42 Å². The molecule has 6 nitrogen and oxygen atoms in total. The summed E-state index contributed by atoms with van der Waals surface area (Å²) in [7, 11) is -5.80. The van der Waals surface area contributed by atoms with Crippen molar-refractivity contribution in [1.82, 2.24) is 4.31 Å². The van der Waals surface area contributed by atoms with Crippen LogP contribution in [0.4, 0.5) is 0 Å². The third kappa shape index (κ3) is 4.90. The minimum atomic E-state index is -3.61. The third-order valence-electron chi connectivity index (χ3n) is 2.43. The smallest absolute Gasteiger partial charge is 0.264 e. The van der Waals surface area contributed by atoms with Gasteiger partial charge in [-0.3, -0.25) is 4.18 Å². The fourth-order valence-corrected chi connectivity index (χ4v) is 2.86. The van der Waals surface area contributed by atoms with Gasteiger partial charge in [-0.1, -0.05) is 17.7 Å². The monoisotopic (exact) mass is 307 g/mol. The first-order valence-corrected chi connectivity index (χ1v) is 8.76. The average Bonchev–Trinajstić information content (AvgIpc) is 2.27. The van der Waals surface area contributed by atoms with Crippen molar-refractivity contribution in [2.24, 2.45) is 0 Å². The maximum atomic E-state index is 12.1. The molecule has 0 aliphatic heterocycles. The molecule has 0 heterocycles. The number of hydrogen-bond acceptors (Lipinski definition) is 5. The standard InChI is InChI=1S/C11H17NO5S2/c1-10-4-6-11(7-5-10)19(15,16)12(2)8-9-17-18(3,13)14/h4-7H,8-9H2,1-3H3. The molecular weight excluding hydrogens is 290 g/mol. The summed E-state index contributed by atoms with van der Waals surface area (Å²) in [4.78, 5) is 0.167. The first-order chi connectivity index (χ1) is 8.63. The van der Waals surface area contributed by atoms with Gasteiger partial charge in [0.2, 0.25) is 10.0 Å². The Kier molecular flexibility index (Phi) is 5.08. The van der Waals surface area contributed by atoms with Gasteiger partial charge in [-0.2, -0.15) is 12.7 Å². The van der Waals surface area contributed by atoms with Gasteiger partial charge in [0.15, 0.2) is 0 Å². The molecule has 1 rings (SSSR count). The minimum Gasteiger partial charge on any atom is -0.269 e. The Morgan fingerprint density at radius 3 is 2.11 bits per heavy atom. The highest BCUT2D eigenvalue weighted by Crippen LogP contribution is 2.14. The van der Waals surface area contributed by atoms with Crippen LogP contribution in [-0.4, -0.2) is 47.6 Å². The molecule has 0 unspecified atom stereocenters. The molecule has 0 fully saturated rings. The Bertz CT molecular complexity index is 620. The summed E-state index contributed by atoms with van der Waals surface area (Å²) in [6, 6.07) is 6.43. The predicted molar refractivity (Wildman–Crippen MR) is 71.8 cm³/mol. The van der Waals surface area contributed by atoms with E-state index in [0.29, 0.717) is 0 Å². The number of rotatable bonds is 6. The van der Waals surface area contributed by atoms with Crippen LogP contribution in [-0.2, 0) is 24.3 Å². The topological polar surface area (TPSA) is 80.8 Å². The SMILES string of the molecule is Cc1ccc(S(=O)(=O)N(C)CCOS(C)(=O)=O)cc1. The summed E-state index contributed by atoms with van der Waals surface area (Å²) in [5.74, 6) is 0. The first kappa shape index (κ1) is 16.1. The molecule has 1 aromatic rings. The van der Waals surface area contributed by atoms with E-state index in [1.165, 1.54) is 19.2 Å². The van der Waals surface area contributed by atoms with Gasteiger partial charge in [-0.15, -0.1) is 0 Å². The summed E-state index contributed by atoms with van der Waals surface area (Å²) in [6.07, 6.45) is 0.918. The highest BCUT2D eigenvalue weighted by molar-refractivity contribution is 7.89. The second kappa shape index (κ2) is 6.00. The number of hydrogen-bond donors (Lipinski definition) is 0. The summed E-state index contributed by atoms with van der Waals surface area (Å²) in [5.41, 5.74) is 0.960. The fourth-order valence-electron chi connectivity index (χ4n) is 1.33. The highest BCUT2D eigenvalue weighted by Gasteiger charge is 2.20. The van der Waals surface area contributed by atoms with E-state index in [4.69, 9.17) is 0 Å². The molecule has 108 valence electrons. The summed E-state index contributed by atoms with van der Waals surface area (Å²) in [5, 5.41) is 0. The van der Waals surface area contributed by atoms with Crippen molar-refractivity contribution < 1.29 is 21.0 Å². The number of aryl methyl sites for hydroxylation is 1. The molecule has 0 amide bonds. The van der Waals surface area contributed by atoms with E-state index in [0.717, 1.165) is 16.1 Å². The Hall–Kier alpha value is -0.960. The highest BCUT2D eigenvalue weighted by atomic mass is 32.2. The molecule has 8 heteroatoms. The molecule has 0 saturated carbocycles. The van der Waals surface area contributed by atoms with E-state index < -0.39 is 20.1 Å². The summed E-state index contributed by atoms with van der Waals surface area (Å²) < 4.78 is 51.4. The van der Waals surface area contributed by atoms with Crippen molar-refractivity contribution in [2.75, 3.05) is 26.5 Å². The van der Waals surface area contributed by atoms with Gasteiger partial charge in [0.25, 0.3) is 10.1 Å². The lowest BCUT2D eigenvalue weighted by atomic mass is 10.2. The van der Waals surface area contributed by atoms with Crippen LogP contribution in [0.5, 0.6) is 0 Å². The van der Waals surface area contributed by atoms with Crippen LogP contribution in [0.15, 0.2) is 29.2 Å². The molecule has 0 atom stereocenters. The van der Waals surface area contributed by atoms with Crippen LogP contribution in [0, 0.1) is 6.92 Å². The summed E-state index contributed by atoms with van der Waals surface area (Å²) in [6.45, 7) is 1.61. The second-order valence-corrected chi connectivity index (χ2v) is 7.85.